The summed E-state index contributed by atoms with van der Waals surface area (Å²) in [5.74, 6) is -1.45. The average Bonchev–Trinajstić information content (AvgIpc) is 3.36. The Morgan fingerprint density at radius 1 is 1.18 bits per heavy atom. The minimum Gasteiger partial charge on any atom is -0.287 e. The highest BCUT2D eigenvalue weighted by atomic mass is 32.1. The van der Waals surface area contributed by atoms with Crippen molar-refractivity contribution in [1.82, 2.24) is 4.57 Å². The molecule has 8 heteroatoms. The molecular weight excluding hydrogens is 408 g/mol. The molecule has 0 fully saturated rings. The van der Waals surface area contributed by atoms with Crippen molar-refractivity contribution < 1.29 is 0 Å². The predicted octanol–water partition coefficient (Wildman–Crippen LogP) is 2.92. The molecule has 2 unspecified atom stereocenters. The molecule has 4 heterocycles. The van der Waals surface area contributed by atoms with Crippen molar-refractivity contribution >= 4 is 51.5 Å². The first kappa shape index (κ1) is 18.6. The maximum atomic E-state index is 13.0. The molecule has 0 aromatic carbocycles. The van der Waals surface area contributed by atoms with Gasteiger partial charge in [0.1, 0.15) is 16.4 Å². The van der Waals surface area contributed by atoms with Gasteiger partial charge in [-0.1, -0.05) is 0 Å². The number of hydrogen-bond acceptors (Lipinski definition) is 7. The fourth-order valence-corrected chi connectivity index (χ4v) is 6.49. The van der Waals surface area contributed by atoms with E-state index >= 15 is 0 Å². The van der Waals surface area contributed by atoms with Crippen LogP contribution >= 0.6 is 34.0 Å². The fourth-order valence-electron chi connectivity index (χ4n) is 3.37. The van der Waals surface area contributed by atoms with Crippen molar-refractivity contribution in [3.63, 3.8) is 0 Å². The first-order valence-corrected chi connectivity index (χ1v) is 11.0. The zero-order valence-electron chi connectivity index (χ0n) is 15.0. The topological polar surface area (TPSA) is 93.4 Å². The third-order valence-corrected chi connectivity index (χ3v) is 8.02. The van der Waals surface area contributed by atoms with Crippen LogP contribution in [0.15, 0.2) is 27.7 Å². The van der Waals surface area contributed by atoms with Gasteiger partial charge in [0.2, 0.25) is 0 Å². The second-order valence-electron chi connectivity index (χ2n) is 6.49. The van der Waals surface area contributed by atoms with Crippen LogP contribution < -0.4 is 14.8 Å². The zero-order valence-corrected chi connectivity index (χ0v) is 17.5. The first-order chi connectivity index (χ1) is 13.5. The SMILES string of the molecule is Cc1ccsc1C=c1sc2n(c1=O)C(=N)C(C#N)C(c1sccc1C)C=2C#N. The molecule has 3 aromatic heterocycles. The molecule has 3 aromatic rings. The van der Waals surface area contributed by atoms with E-state index in [2.05, 4.69) is 12.1 Å². The lowest BCUT2D eigenvalue weighted by molar-refractivity contribution is 0.718. The van der Waals surface area contributed by atoms with Gasteiger partial charge in [-0.05, 0) is 53.9 Å². The van der Waals surface area contributed by atoms with Gasteiger partial charge < -0.3 is 0 Å². The van der Waals surface area contributed by atoms with Gasteiger partial charge in [0.25, 0.3) is 5.56 Å². The van der Waals surface area contributed by atoms with Crippen LogP contribution in [0.3, 0.4) is 0 Å². The first-order valence-electron chi connectivity index (χ1n) is 8.42. The van der Waals surface area contributed by atoms with Crippen LogP contribution in [0.4, 0.5) is 0 Å². The van der Waals surface area contributed by atoms with Crippen LogP contribution in [0, 0.1) is 47.8 Å². The highest BCUT2D eigenvalue weighted by Crippen LogP contribution is 2.39. The minimum absolute atomic E-state index is 0.0573. The van der Waals surface area contributed by atoms with E-state index in [4.69, 9.17) is 5.41 Å². The number of thiophene rings is 2. The van der Waals surface area contributed by atoms with E-state index < -0.39 is 11.8 Å². The van der Waals surface area contributed by atoms with Crippen molar-refractivity contribution in [3.05, 3.63) is 63.3 Å². The molecule has 138 valence electrons. The normalized spacial score (nSPS) is 19.4. The number of nitrogens with zero attached hydrogens (tertiary/aromatic N) is 3. The van der Waals surface area contributed by atoms with Crippen molar-refractivity contribution in [2.45, 2.75) is 19.8 Å². The lowest BCUT2D eigenvalue weighted by atomic mass is 9.82. The van der Waals surface area contributed by atoms with E-state index in [0.29, 0.717) is 14.8 Å². The second kappa shape index (κ2) is 6.99. The van der Waals surface area contributed by atoms with Crippen molar-refractivity contribution in [1.29, 1.82) is 15.9 Å². The Labute approximate surface area is 172 Å². The van der Waals surface area contributed by atoms with Crippen LogP contribution in [0.2, 0.25) is 0 Å². The molecule has 1 N–H and O–H groups in total. The maximum absolute atomic E-state index is 13.0. The Hall–Kier alpha value is -2.78. The predicted molar refractivity (Wildman–Crippen MR) is 113 cm³/mol. The third-order valence-electron chi connectivity index (χ3n) is 4.84. The van der Waals surface area contributed by atoms with E-state index in [1.165, 1.54) is 38.6 Å². The average molecular weight is 423 g/mol. The van der Waals surface area contributed by atoms with Gasteiger partial charge in [-0.25, -0.2) is 0 Å². The molecule has 0 bridgehead atoms. The van der Waals surface area contributed by atoms with E-state index in [9.17, 15) is 15.3 Å². The van der Waals surface area contributed by atoms with E-state index in [1.54, 1.807) is 0 Å². The molecule has 0 spiro atoms. The third kappa shape index (κ3) is 2.70. The summed E-state index contributed by atoms with van der Waals surface area (Å²) in [5, 5.41) is 32.1. The maximum Gasteiger partial charge on any atom is 0.274 e. The van der Waals surface area contributed by atoms with Gasteiger partial charge in [-0.2, -0.15) is 10.5 Å². The largest absolute Gasteiger partial charge is 0.287 e. The number of aromatic nitrogens is 1. The Kier molecular flexibility index (Phi) is 4.64. The molecular formula is C20H14N4OS3. The molecule has 28 heavy (non-hydrogen) atoms. The second-order valence-corrected chi connectivity index (χ2v) is 9.41. The lowest BCUT2D eigenvalue weighted by Gasteiger charge is -2.26. The summed E-state index contributed by atoms with van der Waals surface area (Å²) in [4.78, 5) is 14.9. The Balaban J connectivity index is 2.08. The van der Waals surface area contributed by atoms with E-state index in [0.717, 1.165) is 20.9 Å². The Morgan fingerprint density at radius 3 is 2.46 bits per heavy atom. The number of nitrogens with one attached hydrogen (secondary N) is 1. The van der Waals surface area contributed by atoms with E-state index in [-0.39, 0.29) is 11.4 Å². The van der Waals surface area contributed by atoms with Gasteiger partial charge in [0.05, 0.1) is 28.2 Å². The standard InChI is InChI=1S/C20H14N4OS3/c1-10-3-5-26-14(10)7-15-19(25)24-18(23)12(8-21)16(13(9-22)20(24)28-15)17-11(2)4-6-27-17/h3-7,12,16,23H,1-2H3. The fraction of sp³-hybridized carbons (Fsp3) is 0.200. The molecule has 0 aliphatic carbocycles. The number of rotatable bonds is 2. The number of aryl methyl sites for hydroxylation is 2. The summed E-state index contributed by atoms with van der Waals surface area (Å²) in [7, 11) is 0. The van der Waals surface area contributed by atoms with Gasteiger partial charge in [-0.3, -0.25) is 14.8 Å². The summed E-state index contributed by atoms with van der Waals surface area (Å²) >= 11 is 4.24. The summed E-state index contributed by atoms with van der Waals surface area (Å²) < 4.78 is 2.17. The molecule has 0 saturated heterocycles. The number of thiazole rings is 1. The molecule has 4 rings (SSSR count). The van der Waals surface area contributed by atoms with Crippen molar-refractivity contribution in [2.75, 3.05) is 0 Å². The summed E-state index contributed by atoms with van der Waals surface area (Å²) in [5.41, 5.74) is 2.11. The monoisotopic (exact) mass is 422 g/mol. The van der Waals surface area contributed by atoms with Crippen LogP contribution in [0.5, 0.6) is 0 Å². The minimum atomic E-state index is -0.872. The van der Waals surface area contributed by atoms with Gasteiger partial charge in [0, 0.05) is 9.75 Å². The summed E-state index contributed by atoms with van der Waals surface area (Å²) in [6.07, 6.45) is 1.81. The molecule has 0 saturated carbocycles. The molecule has 2 atom stereocenters. The molecule has 1 aliphatic rings. The zero-order chi connectivity index (χ0) is 20.0. The van der Waals surface area contributed by atoms with Crippen LogP contribution in [-0.4, -0.2) is 10.4 Å². The van der Waals surface area contributed by atoms with Crippen molar-refractivity contribution in [3.8, 4) is 12.1 Å². The smallest absolute Gasteiger partial charge is 0.274 e. The lowest BCUT2D eigenvalue weighted by Crippen LogP contribution is -2.45. The molecule has 1 aliphatic heterocycles. The number of hydrogen-bond donors (Lipinski definition) is 1. The van der Waals surface area contributed by atoms with Gasteiger partial charge >= 0.3 is 0 Å². The quantitative estimate of drug-likeness (QED) is 0.688. The van der Waals surface area contributed by atoms with Crippen LogP contribution in [0.1, 0.15) is 26.8 Å². The summed E-state index contributed by atoms with van der Waals surface area (Å²) in [6, 6.07) is 8.33. The van der Waals surface area contributed by atoms with Gasteiger partial charge in [-0.15, -0.1) is 34.0 Å². The Morgan fingerprint density at radius 2 is 1.89 bits per heavy atom. The molecule has 0 radical (unpaired) electrons. The van der Waals surface area contributed by atoms with Crippen LogP contribution in [-0.2, 0) is 0 Å². The molecule has 5 nitrogen and oxygen atoms in total. The van der Waals surface area contributed by atoms with E-state index in [1.807, 2.05) is 42.8 Å². The van der Waals surface area contributed by atoms with Crippen LogP contribution in [0.25, 0.3) is 11.6 Å². The highest BCUT2D eigenvalue weighted by molar-refractivity contribution is 7.11. The number of nitriles is 2. The highest BCUT2D eigenvalue weighted by Gasteiger charge is 2.39. The van der Waals surface area contributed by atoms with Gasteiger partial charge in [0.15, 0.2) is 0 Å². The number of fused-ring (bicyclic) bond motifs is 1. The Bertz CT molecular complexity index is 1370. The van der Waals surface area contributed by atoms with Crippen molar-refractivity contribution in [2.24, 2.45) is 5.92 Å². The summed E-state index contributed by atoms with van der Waals surface area (Å²) in [6.45, 7) is 3.91. The molecule has 0 amide bonds.